The van der Waals surface area contributed by atoms with Crippen LogP contribution in [-0.2, 0) is 0 Å². The number of hydrogen-bond donors (Lipinski definition) is 1. The van der Waals surface area contributed by atoms with Crippen molar-refractivity contribution in [2.75, 3.05) is 6.54 Å². The van der Waals surface area contributed by atoms with E-state index in [0.717, 1.165) is 5.69 Å². The van der Waals surface area contributed by atoms with Crippen LogP contribution < -0.4 is 5.32 Å². The van der Waals surface area contributed by atoms with Crippen LogP contribution in [0, 0.1) is 0 Å². The normalized spacial score (nSPS) is 14.0. The summed E-state index contributed by atoms with van der Waals surface area (Å²) in [5.41, 5.74) is 2.48. The van der Waals surface area contributed by atoms with E-state index in [9.17, 15) is 4.79 Å². The van der Waals surface area contributed by atoms with Gasteiger partial charge in [0.2, 0.25) is 0 Å². The van der Waals surface area contributed by atoms with Gasteiger partial charge in [-0.25, -0.2) is 0 Å². The summed E-state index contributed by atoms with van der Waals surface area (Å²) >= 11 is 4.02. The summed E-state index contributed by atoms with van der Waals surface area (Å²) in [5, 5.41) is 11.1. The molecular weight excluding hydrogens is 489 g/mol. The zero-order chi connectivity index (χ0) is 20.2. The molecule has 1 atom stereocenters. The van der Waals surface area contributed by atoms with E-state index in [0.29, 0.717) is 17.1 Å². The molecule has 0 radical (unpaired) electrons. The molecule has 3 aromatic rings. The van der Waals surface area contributed by atoms with Crippen LogP contribution in [0.25, 0.3) is 5.69 Å². The van der Waals surface area contributed by atoms with E-state index in [1.165, 1.54) is 8.89 Å². The summed E-state index contributed by atoms with van der Waals surface area (Å²) in [5.74, 6) is -0.180. The van der Waals surface area contributed by atoms with E-state index in [-0.39, 0.29) is 9.58 Å². The first kappa shape index (κ1) is 19.9. The van der Waals surface area contributed by atoms with E-state index in [4.69, 9.17) is 14.6 Å². The Kier molecular flexibility index (Phi) is 6.16. The molecule has 29 heavy (non-hydrogen) atoms. The van der Waals surface area contributed by atoms with Gasteiger partial charge >= 0.3 is 183 Å². The van der Waals surface area contributed by atoms with Gasteiger partial charge in [0, 0.05) is 0 Å². The molecule has 1 N–H and O–H groups in total. The number of carbonyl (C=O) groups excluding carboxylic acids is 1. The Balaban J connectivity index is 1.51. The van der Waals surface area contributed by atoms with Crippen molar-refractivity contribution in [1.82, 2.24) is 20.1 Å². The maximum absolute atomic E-state index is 12.8. The Morgan fingerprint density at radius 2 is 1.93 bits per heavy atom. The molecule has 0 unspecified atom stereocenters. The molecule has 0 saturated carbocycles. The molecule has 8 heteroatoms. The third-order valence-corrected chi connectivity index (χ3v) is 13.9. The molecule has 6 nitrogen and oxygen atoms in total. The van der Waals surface area contributed by atoms with Gasteiger partial charge in [0.25, 0.3) is 0 Å². The molecule has 4 rings (SSSR count). The predicted octanol–water partition coefficient (Wildman–Crippen LogP) is 3.53. The van der Waals surface area contributed by atoms with Crippen LogP contribution >= 0.6 is 11.6 Å². The van der Waals surface area contributed by atoms with Gasteiger partial charge in [-0.1, -0.05) is 0 Å². The van der Waals surface area contributed by atoms with E-state index >= 15 is 0 Å². The van der Waals surface area contributed by atoms with Gasteiger partial charge in [0.05, 0.1) is 0 Å². The summed E-state index contributed by atoms with van der Waals surface area (Å²) < 4.78 is 8.19. The first-order valence-electron chi connectivity index (χ1n) is 9.31. The Morgan fingerprint density at radius 3 is 2.59 bits per heavy atom. The van der Waals surface area contributed by atoms with Gasteiger partial charge in [-0.2, -0.15) is 0 Å². The van der Waals surface area contributed by atoms with Crippen molar-refractivity contribution in [3.63, 3.8) is 0 Å². The molecule has 0 fully saturated rings. The fourth-order valence-corrected chi connectivity index (χ4v) is 11.1. The predicted molar refractivity (Wildman–Crippen MR) is 116 cm³/mol. The minimum atomic E-state index is -2.37. The quantitative estimate of drug-likeness (QED) is 0.555. The Morgan fingerprint density at radius 1 is 1.17 bits per heavy atom. The number of allylic oxidation sites excluding steroid dienone is 2. The molecule has 1 amide bonds. The van der Waals surface area contributed by atoms with Gasteiger partial charge in [-0.05, 0) is 0 Å². The fraction of sp³-hybridized carbons (Fsp3) is 0.143. The molecule has 0 aliphatic carbocycles. The zero-order valence-electron chi connectivity index (χ0n) is 15.9. The Bertz CT molecular complexity index is 1070. The van der Waals surface area contributed by atoms with Crippen LogP contribution in [0.4, 0.5) is 0 Å². The molecule has 2 heterocycles. The van der Waals surface area contributed by atoms with Crippen molar-refractivity contribution < 1.29 is 4.79 Å². The van der Waals surface area contributed by atoms with Crippen LogP contribution in [0.2, 0.25) is 5.02 Å². The van der Waals surface area contributed by atoms with Crippen molar-refractivity contribution in [1.29, 1.82) is 0 Å². The van der Waals surface area contributed by atoms with Gasteiger partial charge < -0.3 is 0 Å². The number of amides is 1. The third-order valence-electron chi connectivity index (χ3n) is 5.06. The van der Waals surface area contributed by atoms with Crippen molar-refractivity contribution in [2.24, 2.45) is 2.98 Å². The summed E-state index contributed by atoms with van der Waals surface area (Å²) in [6, 6.07) is 15.6. The summed E-state index contributed by atoms with van der Waals surface area (Å²) in [4.78, 5) is 12.8. The number of nitrogens with one attached hydrogen (secondary N) is 1. The number of rotatable bonds is 6. The van der Waals surface area contributed by atoms with Crippen LogP contribution in [0.5, 0.6) is 0 Å². The molecule has 1 aliphatic rings. The minimum absolute atomic E-state index is 0.180. The summed E-state index contributed by atoms with van der Waals surface area (Å²) in [7, 11) is 0. The van der Waals surface area contributed by atoms with Gasteiger partial charge in [0.1, 0.15) is 0 Å². The van der Waals surface area contributed by atoms with Crippen LogP contribution in [0.15, 0.2) is 73.6 Å². The average molecular weight is 508 g/mol. The van der Waals surface area contributed by atoms with Crippen LogP contribution in [0.3, 0.4) is 0 Å². The average Bonchev–Trinajstić information content (AvgIpc) is 3.41. The van der Waals surface area contributed by atoms with Gasteiger partial charge in [0.15, 0.2) is 0 Å². The molecule has 0 saturated heterocycles. The number of nitrogens with zero attached hydrogens (tertiary/aromatic N) is 4. The second-order valence-corrected chi connectivity index (χ2v) is 15.6. The van der Waals surface area contributed by atoms with Crippen LogP contribution in [-0.4, -0.2) is 55.2 Å². The van der Waals surface area contributed by atoms with E-state index in [1.807, 2.05) is 30.5 Å². The Hall–Kier alpha value is -2.38. The number of carbonyl (C=O) groups is 1. The molecular formula is C21H19ClInN5O. The molecule has 1 aliphatic heterocycles. The molecule has 144 valence electrons. The number of halogens is 1. The SMILES string of the molecule is C[C]1=CC=[N][In]1[C@H](CNC(=O)c1ccc(-n2cnnc2)cc1Cl)c1ccccc1. The summed E-state index contributed by atoms with van der Waals surface area (Å²) in [6.45, 7) is 2.71. The van der Waals surface area contributed by atoms with E-state index < -0.39 is 21.7 Å². The van der Waals surface area contributed by atoms with Crippen LogP contribution in [0.1, 0.15) is 26.5 Å². The van der Waals surface area contributed by atoms with E-state index in [1.54, 1.807) is 29.4 Å². The van der Waals surface area contributed by atoms with Crippen molar-refractivity contribution >= 4 is 45.4 Å². The zero-order valence-corrected chi connectivity index (χ0v) is 19.9. The third kappa shape index (κ3) is 4.46. The Labute approximate surface area is 182 Å². The van der Waals surface area contributed by atoms with E-state index in [2.05, 4.69) is 40.6 Å². The molecule has 0 spiro atoms. The maximum atomic E-state index is 12.8. The number of aromatic nitrogens is 3. The second-order valence-electron chi connectivity index (χ2n) is 6.91. The molecule has 0 bridgehead atoms. The molecule has 2 aromatic carbocycles. The van der Waals surface area contributed by atoms with Gasteiger partial charge in [-0.15, -0.1) is 0 Å². The number of benzene rings is 2. The topological polar surface area (TPSA) is 72.2 Å². The van der Waals surface area contributed by atoms with Crippen molar-refractivity contribution in [3.05, 3.63) is 86.7 Å². The first-order valence-corrected chi connectivity index (χ1v) is 14.7. The second kappa shape index (κ2) is 8.97. The van der Waals surface area contributed by atoms with Gasteiger partial charge in [-0.3, -0.25) is 0 Å². The molecule has 1 aromatic heterocycles. The summed E-state index contributed by atoms with van der Waals surface area (Å²) in [6.07, 6.45) is 7.20. The monoisotopic (exact) mass is 507 g/mol. The van der Waals surface area contributed by atoms with Crippen molar-refractivity contribution in [3.8, 4) is 5.69 Å². The number of hydrogen-bond acceptors (Lipinski definition) is 4. The van der Waals surface area contributed by atoms with Crippen molar-refractivity contribution in [2.45, 2.75) is 10.6 Å². The first-order chi connectivity index (χ1) is 14.1. The standard InChI is InChI=1S/C17H14ClN4O.C4H5N.In/c18-16-10-14(22-11-20-21-12-22)6-7-15(16)17(23)19-9-8-13-4-2-1-3-5-13;1-2-3-4-5;/h1-8,10-12H,9H2,(H,19,23);3-4H,1H3;/q;-1;+1. The fourth-order valence-electron chi connectivity index (χ4n) is 3.48.